The normalized spacial score (nSPS) is 12.5. The van der Waals surface area contributed by atoms with E-state index < -0.39 is 17.5 Å². The van der Waals surface area contributed by atoms with Crippen molar-refractivity contribution in [2.75, 3.05) is 13.2 Å². The average Bonchev–Trinajstić information content (AvgIpc) is 3.19. The Kier molecular flexibility index (Phi) is 5.89. The van der Waals surface area contributed by atoms with Crippen LogP contribution < -0.4 is 10.7 Å². The third kappa shape index (κ3) is 4.31. The topological polar surface area (TPSA) is 108 Å². The van der Waals surface area contributed by atoms with Crippen LogP contribution in [0, 0.1) is 0 Å². The number of pyridine rings is 1. The van der Waals surface area contributed by atoms with E-state index in [1.54, 1.807) is 30.4 Å². The van der Waals surface area contributed by atoms with Gasteiger partial charge in [-0.3, -0.25) is 4.79 Å². The molecule has 35 heavy (non-hydrogen) atoms. The maximum absolute atomic E-state index is 12.4. The summed E-state index contributed by atoms with van der Waals surface area (Å²) < 4.78 is 5.52. The highest BCUT2D eigenvalue weighted by molar-refractivity contribution is 5.92. The lowest BCUT2D eigenvalue weighted by molar-refractivity contribution is 0.0695. The maximum Gasteiger partial charge on any atom is 0.407 e. The second-order valence-corrected chi connectivity index (χ2v) is 8.25. The second-order valence-electron chi connectivity index (χ2n) is 8.25. The molecular formula is C28H22N2O5. The molecule has 1 heterocycles. The first-order chi connectivity index (χ1) is 17.0. The predicted molar refractivity (Wildman–Crippen MR) is 134 cm³/mol. The van der Waals surface area contributed by atoms with Crippen molar-refractivity contribution in [3.63, 3.8) is 0 Å². The molecule has 4 aromatic rings. The summed E-state index contributed by atoms with van der Waals surface area (Å²) in [5, 5.41) is 12.1. The number of carboxylic acids is 1. The Bertz CT molecular complexity index is 1490. The Morgan fingerprint density at radius 3 is 2.37 bits per heavy atom. The average molecular weight is 466 g/mol. The van der Waals surface area contributed by atoms with Gasteiger partial charge in [-0.15, -0.1) is 0 Å². The smallest absolute Gasteiger partial charge is 0.407 e. The molecule has 7 nitrogen and oxygen atoms in total. The van der Waals surface area contributed by atoms with Crippen molar-refractivity contribution in [2.45, 2.75) is 5.92 Å². The maximum atomic E-state index is 12.4. The summed E-state index contributed by atoms with van der Waals surface area (Å²) in [6.07, 6.45) is 4.16. The lowest BCUT2D eigenvalue weighted by Crippen LogP contribution is -2.26. The molecule has 1 aromatic heterocycles. The molecule has 0 saturated carbocycles. The third-order valence-corrected chi connectivity index (χ3v) is 6.15. The number of carbonyl (C=O) groups excluding carboxylic acids is 1. The van der Waals surface area contributed by atoms with E-state index >= 15 is 0 Å². The molecule has 0 aliphatic heterocycles. The van der Waals surface area contributed by atoms with Crippen molar-refractivity contribution in [3.05, 3.63) is 111 Å². The summed E-state index contributed by atoms with van der Waals surface area (Å²) in [5.41, 5.74) is 5.05. The van der Waals surface area contributed by atoms with E-state index in [2.05, 4.69) is 34.6 Å². The van der Waals surface area contributed by atoms with Crippen molar-refractivity contribution < 1.29 is 19.4 Å². The summed E-state index contributed by atoms with van der Waals surface area (Å²) in [7, 11) is 0. The van der Waals surface area contributed by atoms with E-state index in [0.29, 0.717) is 11.1 Å². The first kappa shape index (κ1) is 22.2. The van der Waals surface area contributed by atoms with Crippen LogP contribution in [0.25, 0.3) is 28.1 Å². The minimum absolute atomic E-state index is 0.00456. The molecule has 0 spiro atoms. The van der Waals surface area contributed by atoms with E-state index in [-0.39, 0.29) is 30.0 Å². The van der Waals surface area contributed by atoms with Gasteiger partial charge in [0.05, 0.1) is 0 Å². The van der Waals surface area contributed by atoms with Gasteiger partial charge in [0.25, 0.3) is 0 Å². The highest BCUT2D eigenvalue weighted by Crippen LogP contribution is 2.44. The lowest BCUT2D eigenvalue weighted by atomic mass is 9.98. The fourth-order valence-corrected chi connectivity index (χ4v) is 4.49. The van der Waals surface area contributed by atoms with E-state index in [1.165, 1.54) is 17.3 Å². The van der Waals surface area contributed by atoms with Crippen LogP contribution in [0.2, 0.25) is 0 Å². The fourth-order valence-electron chi connectivity index (χ4n) is 4.49. The zero-order valence-electron chi connectivity index (χ0n) is 18.7. The SMILES string of the molecule is O=C(NCC=Cc1ccc2[nH]cc(C(=O)O)c(=O)c2c1)OCC1c2ccccc2-c2ccccc21. The van der Waals surface area contributed by atoms with Crippen LogP contribution in [0.3, 0.4) is 0 Å². The van der Waals surface area contributed by atoms with Crippen molar-refractivity contribution >= 4 is 29.0 Å². The number of aromatic nitrogens is 1. The first-order valence-electron chi connectivity index (χ1n) is 11.2. The quantitative estimate of drug-likeness (QED) is 0.379. The minimum atomic E-state index is -1.28. The molecule has 0 unspecified atom stereocenters. The number of amides is 1. The zero-order chi connectivity index (χ0) is 24.4. The Hall–Kier alpha value is -4.65. The van der Waals surface area contributed by atoms with Crippen LogP contribution in [0.15, 0.2) is 83.8 Å². The molecule has 5 rings (SSSR count). The number of hydrogen-bond donors (Lipinski definition) is 3. The van der Waals surface area contributed by atoms with Crippen LogP contribution in [0.1, 0.15) is 33.0 Å². The molecule has 0 saturated heterocycles. The number of aromatic carboxylic acids is 1. The van der Waals surface area contributed by atoms with Gasteiger partial charge in [-0.2, -0.15) is 0 Å². The number of carbonyl (C=O) groups is 2. The summed E-state index contributed by atoms with van der Waals surface area (Å²) in [5.74, 6) is -1.28. The van der Waals surface area contributed by atoms with Gasteiger partial charge in [-0.05, 0) is 39.9 Å². The molecule has 7 heteroatoms. The van der Waals surface area contributed by atoms with Gasteiger partial charge in [-0.25, -0.2) is 9.59 Å². The standard InChI is InChI=1S/C28H22N2O5/c31-26-22-14-17(11-12-25(22)30-15-23(26)27(32)33)6-5-13-29-28(34)35-16-24-20-9-3-1-7-18(20)19-8-2-4-10-21(19)24/h1-12,14-15,24H,13,16H2,(H,29,34)(H,30,31)(H,32,33). The van der Waals surface area contributed by atoms with Crippen LogP contribution >= 0.6 is 0 Å². The van der Waals surface area contributed by atoms with Crippen molar-refractivity contribution in [3.8, 4) is 11.1 Å². The number of H-pyrrole nitrogens is 1. The Balaban J connectivity index is 1.20. The summed E-state index contributed by atoms with van der Waals surface area (Å²) in [4.78, 5) is 38.7. The van der Waals surface area contributed by atoms with Crippen molar-refractivity contribution in [2.24, 2.45) is 0 Å². The van der Waals surface area contributed by atoms with E-state index in [1.807, 2.05) is 24.3 Å². The molecule has 1 amide bonds. The van der Waals surface area contributed by atoms with Crippen LogP contribution in [-0.2, 0) is 4.74 Å². The minimum Gasteiger partial charge on any atom is -0.477 e. The Morgan fingerprint density at radius 2 is 1.69 bits per heavy atom. The first-order valence-corrected chi connectivity index (χ1v) is 11.2. The summed E-state index contributed by atoms with van der Waals surface area (Å²) in [6.45, 7) is 0.475. The van der Waals surface area contributed by atoms with Crippen molar-refractivity contribution in [1.29, 1.82) is 0 Å². The number of rotatable bonds is 6. The van der Waals surface area contributed by atoms with Gasteiger partial charge in [0, 0.05) is 29.6 Å². The third-order valence-electron chi connectivity index (χ3n) is 6.15. The number of aromatic amines is 1. The molecule has 174 valence electrons. The highest BCUT2D eigenvalue weighted by atomic mass is 16.5. The number of nitrogens with one attached hydrogen (secondary N) is 2. The second kappa shape index (κ2) is 9.30. The molecule has 1 aliphatic rings. The molecule has 0 radical (unpaired) electrons. The zero-order valence-corrected chi connectivity index (χ0v) is 18.7. The molecular weight excluding hydrogens is 444 g/mol. The number of ether oxygens (including phenoxy) is 1. The van der Waals surface area contributed by atoms with E-state index in [4.69, 9.17) is 9.84 Å². The lowest BCUT2D eigenvalue weighted by Gasteiger charge is -2.14. The number of fused-ring (bicyclic) bond motifs is 4. The van der Waals surface area contributed by atoms with Crippen LogP contribution in [0.4, 0.5) is 4.79 Å². The van der Waals surface area contributed by atoms with E-state index in [9.17, 15) is 14.4 Å². The molecule has 0 fully saturated rings. The molecule has 3 N–H and O–H groups in total. The largest absolute Gasteiger partial charge is 0.477 e. The Labute approximate surface area is 200 Å². The monoisotopic (exact) mass is 466 g/mol. The number of alkyl carbamates (subject to hydrolysis) is 1. The van der Waals surface area contributed by atoms with Gasteiger partial charge in [0.15, 0.2) is 0 Å². The molecule has 0 atom stereocenters. The number of benzene rings is 3. The summed E-state index contributed by atoms with van der Waals surface area (Å²) >= 11 is 0. The molecule has 0 bridgehead atoms. The van der Waals surface area contributed by atoms with Gasteiger partial charge < -0.3 is 20.1 Å². The van der Waals surface area contributed by atoms with Crippen LogP contribution in [-0.4, -0.2) is 35.3 Å². The van der Waals surface area contributed by atoms with Gasteiger partial charge in [0.2, 0.25) is 5.43 Å². The van der Waals surface area contributed by atoms with Gasteiger partial charge in [0.1, 0.15) is 12.2 Å². The Morgan fingerprint density at radius 1 is 1.00 bits per heavy atom. The predicted octanol–water partition coefficient (Wildman–Crippen LogP) is 4.78. The van der Waals surface area contributed by atoms with Gasteiger partial charge in [-0.1, -0.05) is 66.7 Å². The van der Waals surface area contributed by atoms with E-state index in [0.717, 1.165) is 11.1 Å². The number of carboxylic acid groups (broad SMARTS) is 1. The van der Waals surface area contributed by atoms with Crippen molar-refractivity contribution in [1.82, 2.24) is 10.3 Å². The molecule has 3 aromatic carbocycles. The summed E-state index contributed by atoms with van der Waals surface area (Å²) in [6, 6.07) is 21.4. The highest BCUT2D eigenvalue weighted by Gasteiger charge is 2.28. The number of hydrogen-bond acceptors (Lipinski definition) is 4. The molecule has 1 aliphatic carbocycles. The fraction of sp³-hybridized carbons (Fsp3) is 0.107. The van der Waals surface area contributed by atoms with Crippen LogP contribution in [0.5, 0.6) is 0 Å². The van der Waals surface area contributed by atoms with Gasteiger partial charge >= 0.3 is 12.1 Å².